The van der Waals surface area contributed by atoms with Crippen LogP contribution in [0.15, 0.2) is 53.4 Å². The molecule has 0 bridgehead atoms. The second-order valence-electron chi connectivity index (χ2n) is 6.87. The van der Waals surface area contributed by atoms with Gasteiger partial charge in [-0.1, -0.05) is 11.3 Å². The van der Waals surface area contributed by atoms with Crippen LogP contribution in [0, 0.1) is 5.82 Å². The van der Waals surface area contributed by atoms with Crippen LogP contribution in [0.25, 0.3) is 5.69 Å². The SMILES string of the molecule is O=C(NCC(F)(F)F)c1ccc(-n2nnc(C(=O)NCCO)c2CSc2cccc(F)c2)cc1. The summed E-state index contributed by atoms with van der Waals surface area (Å²) in [6, 6.07) is 11.4. The number of thioether (sulfide) groups is 1. The van der Waals surface area contributed by atoms with Crippen molar-refractivity contribution in [3.63, 3.8) is 0 Å². The van der Waals surface area contributed by atoms with Crippen molar-refractivity contribution in [1.29, 1.82) is 0 Å². The van der Waals surface area contributed by atoms with Crippen molar-refractivity contribution in [3.8, 4) is 5.69 Å². The zero-order valence-electron chi connectivity index (χ0n) is 17.5. The summed E-state index contributed by atoms with van der Waals surface area (Å²) in [6.45, 7) is -1.72. The molecular weight excluding hydrogens is 478 g/mol. The number of nitrogens with zero attached hydrogens (tertiary/aromatic N) is 3. The number of carbonyl (C=O) groups excluding carboxylic acids is 2. The Kier molecular flexibility index (Phi) is 8.23. The summed E-state index contributed by atoms with van der Waals surface area (Å²) in [6.07, 6.45) is -4.53. The van der Waals surface area contributed by atoms with Gasteiger partial charge in [0.2, 0.25) is 0 Å². The van der Waals surface area contributed by atoms with Gasteiger partial charge in [0.1, 0.15) is 12.4 Å². The van der Waals surface area contributed by atoms with Crippen LogP contribution in [-0.2, 0) is 5.75 Å². The Morgan fingerprint density at radius 2 is 1.79 bits per heavy atom. The minimum Gasteiger partial charge on any atom is -0.395 e. The summed E-state index contributed by atoms with van der Waals surface area (Å²) >= 11 is 1.23. The van der Waals surface area contributed by atoms with E-state index >= 15 is 0 Å². The molecule has 0 aliphatic carbocycles. The van der Waals surface area contributed by atoms with Gasteiger partial charge in [0.25, 0.3) is 11.8 Å². The molecule has 180 valence electrons. The van der Waals surface area contributed by atoms with E-state index in [4.69, 9.17) is 5.11 Å². The quantitative estimate of drug-likeness (QED) is 0.310. The Labute approximate surface area is 195 Å². The van der Waals surface area contributed by atoms with Crippen LogP contribution in [0.3, 0.4) is 0 Å². The van der Waals surface area contributed by atoms with Gasteiger partial charge in [-0.3, -0.25) is 9.59 Å². The predicted molar refractivity (Wildman–Crippen MR) is 115 cm³/mol. The Morgan fingerprint density at radius 1 is 1.06 bits per heavy atom. The van der Waals surface area contributed by atoms with Crippen molar-refractivity contribution in [3.05, 3.63) is 71.3 Å². The molecule has 0 spiro atoms. The van der Waals surface area contributed by atoms with Crippen LogP contribution in [0.2, 0.25) is 0 Å². The molecule has 3 rings (SSSR count). The van der Waals surface area contributed by atoms with Crippen LogP contribution in [0.1, 0.15) is 26.5 Å². The summed E-state index contributed by atoms with van der Waals surface area (Å²) in [7, 11) is 0. The topological polar surface area (TPSA) is 109 Å². The molecule has 0 saturated carbocycles. The maximum Gasteiger partial charge on any atom is 0.405 e. The number of amides is 2. The highest BCUT2D eigenvalue weighted by Crippen LogP contribution is 2.26. The van der Waals surface area contributed by atoms with E-state index in [1.807, 2.05) is 0 Å². The lowest BCUT2D eigenvalue weighted by atomic mass is 10.2. The number of nitrogens with one attached hydrogen (secondary N) is 2. The third kappa shape index (κ3) is 6.78. The first-order chi connectivity index (χ1) is 16.2. The average Bonchev–Trinajstić information content (AvgIpc) is 3.23. The summed E-state index contributed by atoms with van der Waals surface area (Å²) < 4.78 is 51.8. The van der Waals surface area contributed by atoms with E-state index in [2.05, 4.69) is 15.6 Å². The summed E-state index contributed by atoms with van der Waals surface area (Å²) in [5, 5.41) is 21.1. The van der Waals surface area contributed by atoms with Crippen molar-refractivity contribution in [2.75, 3.05) is 19.7 Å². The summed E-state index contributed by atoms with van der Waals surface area (Å²) in [4.78, 5) is 25.0. The van der Waals surface area contributed by atoms with Gasteiger partial charge in [0.05, 0.1) is 18.0 Å². The van der Waals surface area contributed by atoms with Crippen LogP contribution < -0.4 is 10.6 Å². The molecule has 3 N–H and O–H groups in total. The number of alkyl halides is 3. The molecule has 8 nitrogen and oxygen atoms in total. The second kappa shape index (κ2) is 11.1. The predicted octanol–water partition coefficient (Wildman–Crippen LogP) is 2.71. The molecule has 2 aromatic carbocycles. The van der Waals surface area contributed by atoms with E-state index < -0.39 is 30.4 Å². The maximum atomic E-state index is 13.5. The van der Waals surface area contributed by atoms with E-state index in [0.717, 1.165) is 0 Å². The van der Waals surface area contributed by atoms with E-state index in [0.29, 0.717) is 16.3 Å². The number of aliphatic hydroxyl groups is 1. The Balaban J connectivity index is 1.85. The number of benzene rings is 2. The van der Waals surface area contributed by atoms with E-state index in [1.165, 1.54) is 52.8 Å². The van der Waals surface area contributed by atoms with Crippen LogP contribution in [-0.4, -0.2) is 57.8 Å². The maximum absolute atomic E-state index is 13.5. The molecule has 0 unspecified atom stereocenters. The van der Waals surface area contributed by atoms with E-state index in [-0.39, 0.29) is 30.2 Å². The Bertz CT molecular complexity index is 1150. The summed E-state index contributed by atoms with van der Waals surface area (Å²) in [5.74, 6) is -1.71. The van der Waals surface area contributed by atoms with E-state index in [9.17, 15) is 27.2 Å². The molecule has 0 aliphatic heterocycles. The minimum absolute atomic E-state index is 0.00388. The van der Waals surface area contributed by atoms with Gasteiger partial charge >= 0.3 is 6.18 Å². The molecule has 0 saturated heterocycles. The smallest absolute Gasteiger partial charge is 0.395 e. The van der Waals surface area contributed by atoms with Crippen molar-refractivity contribution < 1.29 is 32.3 Å². The Hall–Kier alpha value is -3.45. The largest absolute Gasteiger partial charge is 0.405 e. The van der Waals surface area contributed by atoms with Crippen LogP contribution >= 0.6 is 11.8 Å². The zero-order valence-corrected chi connectivity index (χ0v) is 18.3. The van der Waals surface area contributed by atoms with Gasteiger partial charge in [-0.15, -0.1) is 16.9 Å². The number of aliphatic hydroxyl groups excluding tert-OH is 1. The molecule has 2 amide bonds. The second-order valence-corrected chi connectivity index (χ2v) is 7.92. The zero-order chi connectivity index (χ0) is 24.7. The van der Waals surface area contributed by atoms with E-state index in [1.54, 1.807) is 17.4 Å². The van der Waals surface area contributed by atoms with Gasteiger partial charge in [-0.05, 0) is 42.5 Å². The lowest BCUT2D eigenvalue weighted by molar-refractivity contribution is -0.123. The standard InChI is InChI=1S/C21H19F4N5O3S/c22-14-2-1-3-16(10-14)34-11-17-18(20(33)26-8-9-31)28-29-30(17)15-6-4-13(5-7-15)19(32)27-12-21(23,24)25/h1-7,10,31H,8-9,11-12H2,(H,26,33)(H,27,32). The fourth-order valence-corrected chi connectivity index (χ4v) is 3.75. The first-order valence-electron chi connectivity index (χ1n) is 9.85. The van der Waals surface area contributed by atoms with Crippen molar-refractivity contribution in [2.45, 2.75) is 16.8 Å². The van der Waals surface area contributed by atoms with Gasteiger partial charge in [0, 0.05) is 22.8 Å². The number of hydrogen-bond donors (Lipinski definition) is 3. The van der Waals surface area contributed by atoms with Crippen molar-refractivity contribution in [2.24, 2.45) is 0 Å². The number of halogens is 4. The average molecular weight is 497 g/mol. The minimum atomic E-state index is -4.53. The van der Waals surface area contributed by atoms with Gasteiger partial charge < -0.3 is 15.7 Å². The van der Waals surface area contributed by atoms with Crippen molar-refractivity contribution >= 4 is 23.6 Å². The monoisotopic (exact) mass is 497 g/mol. The molecule has 0 radical (unpaired) electrons. The third-order valence-electron chi connectivity index (χ3n) is 4.37. The van der Waals surface area contributed by atoms with Crippen molar-refractivity contribution in [1.82, 2.24) is 25.6 Å². The van der Waals surface area contributed by atoms with Crippen LogP contribution in [0.5, 0.6) is 0 Å². The number of hydrogen-bond acceptors (Lipinski definition) is 6. The first-order valence-corrected chi connectivity index (χ1v) is 10.8. The normalized spacial score (nSPS) is 11.3. The highest BCUT2D eigenvalue weighted by atomic mass is 32.2. The molecule has 1 heterocycles. The highest BCUT2D eigenvalue weighted by molar-refractivity contribution is 7.98. The lowest BCUT2D eigenvalue weighted by Crippen LogP contribution is -2.33. The fourth-order valence-electron chi connectivity index (χ4n) is 2.81. The van der Waals surface area contributed by atoms with Gasteiger partial charge in [-0.2, -0.15) is 13.2 Å². The third-order valence-corrected chi connectivity index (χ3v) is 5.38. The van der Waals surface area contributed by atoms with Crippen LogP contribution in [0.4, 0.5) is 17.6 Å². The number of rotatable bonds is 9. The van der Waals surface area contributed by atoms with Gasteiger partial charge in [0.15, 0.2) is 5.69 Å². The molecule has 3 aromatic rings. The fraction of sp³-hybridized carbons (Fsp3) is 0.238. The summed E-state index contributed by atoms with van der Waals surface area (Å²) in [5.41, 5.74) is 0.754. The Morgan fingerprint density at radius 3 is 2.44 bits per heavy atom. The molecule has 0 fully saturated rings. The molecule has 34 heavy (non-hydrogen) atoms. The molecule has 13 heteroatoms. The highest BCUT2D eigenvalue weighted by Gasteiger charge is 2.28. The number of aromatic nitrogens is 3. The van der Waals surface area contributed by atoms with Gasteiger partial charge in [-0.25, -0.2) is 9.07 Å². The molecule has 0 aliphatic rings. The molecule has 0 atom stereocenters. The number of carbonyl (C=O) groups is 2. The lowest BCUT2D eigenvalue weighted by Gasteiger charge is -2.10. The molecule has 1 aromatic heterocycles. The first kappa shape index (κ1) is 25.2. The molecular formula is C21H19F4N5O3S.